The number of hydrogen-bond donors (Lipinski definition) is 2. The number of ether oxygens (including phenoxy) is 1. The Kier molecular flexibility index (Phi) is 8.68. The minimum absolute atomic E-state index is 0.315. The van der Waals surface area contributed by atoms with Crippen molar-refractivity contribution in [1.29, 1.82) is 0 Å². The van der Waals surface area contributed by atoms with Gasteiger partial charge in [0.1, 0.15) is 18.2 Å². The van der Waals surface area contributed by atoms with Crippen molar-refractivity contribution in [2.24, 2.45) is 0 Å². The van der Waals surface area contributed by atoms with Crippen LogP contribution in [0.3, 0.4) is 0 Å². The number of alkyl carbamates (subject to hydrolysis) is 1. The molecule has 0 spiro atoms. The van der Waals surface area contributed by atoms with E-state index >= 15 is 0 Å². The number of terminal acetylenes is 1. The Labute approximate surface area is 185 Å². The molecule has 0 heterocycles. The Morgan fingerprint density at radius 2 is 1.68 bits per heavy atom. The number of carbonyl (C=O) groups excluding carboxylic acids is 3. The van der Waals surface area contributed by atoms with Gasteiger partial charge in [0.05, 0.1) is 0 Å². The van der Waals surface area contributed by atoms with Crippen LogP contribution < -0.4 is 10.6 Å². The fraction of sp³-hybridized carbons (Fsp3) is 0.542. The average Bonchev–Trinajstić information content (AvgIpc) is 2.60. The molecule has 0 aromatic heterocycles. The van der Waals surface area contributed by atoms with E-state index in [1.807, 2.05) is 20.8 Å². The van der Waals surface area contributed by atoms with Crippen LogP contribution in [0, 0.1) is 12.3 Å². The summed E-state index contributed by atoms with van der Waals surface area (Å²) in [6.07, 6.45) is 4.96. The normalized spacial score (nSPS) is 12.5. The first-order valence-electron chi connectivity index (χ1n) is 10.3. The zero-order valence-corrected chi connectivity index (χ0v) is 19.8. The van der Waals surface area contributed by atoms with E-state index in [9.17, 15) is 14.4 Å². The third kappa shape index (κ3) is 8.33. The molecule has 0 saturated heterocycles. The van der Waals surface area contributed by atoms with Gasteiger partial charge in [-0.05, 0) is 67.0 Å². The summed E-state index contributed by atoms with van der Waals surface area (Å²) in [5, 5.41) is 5.41. The van der Waals surface area contributed by atoms with Crippen LogP contribution in [0.15, 0.2) is 24.3 Å². The first-order chi connectivity index (χ1) is 14.2. The van der Waals surface area contributed by atoms with Gasteiger partial charge >= 0.3 is 6.09 Å². The molecule has 0 aliphatic carbocycles. The fourth-order valence-corrected chi connectivity index (χ4v) is 3.01. The van der Waals surface area contributed by atoms with Crippen LogP contribution in [0.1, 0.15) is 72.6 Å². The van der Waals surface area contributed by atoms with Crippen molar-refractivity contribution in [3.63, 3.8) is 0 Å². The quantitative estimate of drug-likeness (QED) is 0.679. The zero-order valence-electron chi connectivity index (χ0n) is 19.8. The third-order valence-electron chi connectivity index (χ3n) is 4.06. The maximum Gasteiger partial charge on any atom is 0.408 e. The predicted octanol–water partition coefficient (Wildman–Crippen LogP) is 3.39. The molecular weight excluding hydrogens is 394 g/mol. The molecule has 0 radical (unpaired) electrons. The minimum atomic E-state index is -0.959. The van der Waals surface area contributed by atoms with E-state index in [0.29, 0.717) is 11.1 Å². The van der Waals surface area contributed by atoms with E-state index < -0.39 is 29.2 Å². The maximum atomic E-state index is 13.3. The maximum absolute atomic E-state index is 13.3. The van der Waals surface area contributed by atoms with Crippen LogP contribution in [-0.4, -0.2) is 46.5 Å². The van der Waals surface area contributed by atoms with Gasteiger partial charge in [0, 0.05) is 17.1 Å². The van der Waals surface area contributed by atoms with E-state index in [4.69, 9.17) is 11.2 Å². The molecule has 1 aromatic rings. The summed E-state index contributed by atoms with van der Waals surface area (Å²) < 4.78 is 5.20. The molecule has 3 amide bonds. The molecule has 7 nitrogen and oxygen atoms in total. The molecule has 1 rings (SSSR count). The van der Waals surface area contributed by atoms with Crippen molar-refractivity contribution in [3.8, 4) is 12.3 Å². The molecule has 0 saturated carbocycles. The summed E-state index contributed by atoms with van der Waals surface area (Å²) in [5.41, 5.74) is -0.131. The summed E-state index contributed by atoms with van der Waals surface area (Å²) in [7, 11) is 0. The molecule has 0 bridgehead atoms. The molecule has 1 aromatic carbocycles. The summed E-state index contributed by atoms with van der Waals surface area (Å²) in [6, 6.07) is 5.73. The van der Waals surface area contributed by atoms with Crippen LogP contribution in [0.2, 0.25) is 0 Å². The van der Waals surface area contributed by atoms with Gasteiger partial charge in [-0.3, -0.25) is 9.59 Å². The van der Waals surface area contributed by atoms with Gasteiger partial charge in [-0.1, -0.05) is 24.1 Å². The minimum Gasteiger partial charge on any atom is -0.444 e. The number of nitrogens with zero attached hydrogens (tertiary/aromatic N) is 1. The monoisotopic (exact) mass is 429 g/mol. The summed E-state index contributed by atoms with van der Waals surface area (Å²) >= 11 is 0. The molecule has 0 fully saturated rings. The lowest BCUT2D eigenvalue weighted by Crippen LogP contribution is -2.53. The van der Waals surface area contributed by atoms with E-state index in [1.165, 1.54) is 4.90 Å². The lowest BCUT2D eigenvalue weighted by atomic mass is 9.96. The molecule has 7 heteroatoms. The highest BCUT2D eigenvalue weighted by atomic mass is 16.6. The molecule has 170 valence electrons. The van der Waals surface area contributed by atoms with Crippen LogP contribution >= 0.6 is 0 Å². The molecule has 31 heavy (non-hydrogen) atoms. The second-order valence-corrected chi connectivity index (χ2v) is 9.62. The standard InChI is InChI=1S/C24H35N3O4/c1-10-17-13-11-12-14-18(17)20(21(29)26-23(4,5)6)27(16(2)3)19(28)15-25-22(30)31-24(7,8)9/h1,11-14,16,20H,15H2,2-9H3,(H,25,30)(H,26,29). The van der Waals surface area contributed by atoms with Crippen molar-refractivity contribution in [2.45, 2.75) is 78.6 Å². The van der Waals surface area contributed by atoms with Crippen molar-refractivity contribution < 1.29 is 19.1 Å². The van der Waals surface area contributed by atoms with Crippen LogP contribution in [0.25, 0.3) is 0 Å². The van der Waals surface area contributed by atoms with Crippen LogP contribution in [-0.2, 0) is 14.3 Å². The third-order valence-corrected chi connectivity index (χ3v) is 4.06. The zero-order chi connectivity index (χ0) is 24.0. The summed E-state index contributed by atoms with van der Waals surface area (Å²) in [6.45, 7) is 14.1. The van der Waals surface area contributed by atoms with Crippen molar-refractivity contribution in [1.82, 2.24) is 15.5 Å². The van der Waals surface area contributed by atoms with E-state index in [1.54, 1.807) is 58.9 Å². The first-order valence-corrected chi connectivity index (χ1v) is 10.3. The molecular formula is C24H35N3O4. The smallest absolute Gasteiger partial charge is 0.408 e. The molecule has 1 atom stereocenters. The lowest BCUT2D eigenvalue weighted by molar-refractivity contribution is -0.142. The molecule has 1 unspecified atom stereocenters. The molecule has 0 aliphatic heterocycles. The largest absolute Gasteiger partial charge is 0.444 e. The Hall–Kier alpha value is -3.01. The number of rotatable bonds is 6. The Bertz CT molecular complexity index is 842. The second kappa shape index (κ2) is 10.3. The van der Waals surface area contributed by atoms with Gasteiger partial charge < -0.3 is 20.3 Å². The second-order valence-electron chi connectivity index (χ2n) is 9.62. The molecule has 0 aliphatic rings. The fourth-order valence-electron chi connectivity index (χ4n) is 3.01. The Morgan fingerprint density at radius 3 is 2.16 bits per heavy atom. The van der Waals surface area contributed by atoms with Gasteiger partial charge in [0.2, 0.25) is 11.8 Å². The number of carbonyl (C=O) groups is 3. The van der Waals surface area contributed by atoms with Gasteiger partial charge in [0.15, 0.2) is 0 Å². The first kappa shape index (κ1) is 26.0. The Morgan fingerprint density at radius 1 is 1.10 bits per heavy atom. The van der Waals surface area contributed by atoms with E-state index in [-0.39, 0.29) is 18.5 Å². The highest BCUT2D eigenvalue weighted by Gasteiger charge is 2.36. The van der Waals surface area contributed by atoms with Gasteiger partial charge in [0.25, 0.3) is 0 Å². The van der Waals surface area contributed by atoms with Gasteiger partial charge in [-0.15, -0.1) is 6.42 Å². The predicted molar refractivity (Wildman–Crippen MR) is 121 cm³/mol. The lowest BCUT2D eigenvalue weighted by Gasteiger charge is -2.36. The van der Waals surface area contributed by atoms with E-state index in [0.717, 1.165) is 0 Å². The SMILES string of the molecule is C#Cc1ccccc1C(C(=O)NC(C)(C)C)N(C(=O)CNC(=O)OC(C)(C)C)C(C)C. The van der Waals surface area contributed by atoms with Crippen molar-refractivity contribution in [3.05, 3.63) is 35.4 Å². The number of nitrogens with one attached hydrogen (secondary N) is 2. The van der Waals surface area contributed by atoms with Crippen LogP contribution in [0.4, 0.5) is 4.79 Å². The van der Waals surface area contributed by atoms with Gasteiger partial charge in [-0.25, -0.2) is 4.79 Å². The molecule has 2 N–H and O–H groups in total. The number of benzene rings is 1. The van der Waals surface area contributed by atoms with Gasteiger partial charge in [-0.2, -0.15) is 0 Å². The van der Waals surface area contributed by atoms with Crippen molar-refractivity contribution in [2.75, 3.05) is 6.54 Å². The summed E-state index contributed by atoms with van der Waals surface area (Å²) in [5.74, 6) is 1.81. The Balaban J connectivity index is 3.30. The summed E-state index contributed by atoms with van der Waals surface area (Å²) in [4.78, 5) is 39.9. The average molecular weight is 430 g/mol. The van der Waals surface area contributed by atoms with E-state index in [2.05, 4.69) is 16.6 Å². The number of hydrogen-bond acceptors (Lipinski definition) is 4. The topological polar surface area (TPSA) is 87.7 Å². The highest BCUT2D eigenvalue weighted by Crippen LogP contribution is 2.27. The number of amides is 3. The van der Waals surface area contributed by atoms with Crippen molar-refractivity contribution >= 4 is 17.9 Å². The highest BCUT2D eigenvalue weighted by molar-refractivity contribution is 5.91. The van der Waals surface area contributed by atoms with Crippen LogP contribution in [0.5, 0.6) is 0 Å².